The third-order valence-corrected chi connectivity index (χ3v) is 4.47. The number of nitrogens with zero attached hydrogens (tertiary/aromatic N) is 3. The van der Waals surface area contributed by atoms with Crippen LogP contribution in [0, 0.1) is 18.6 Å². The number of rotatable bonds is 4. The number of anilines is 1. The van der Waals surface area contributed by atoms with Gasteiger partial charge in [0.25, 0.3) is 5.91 Å². The number of carbonyl (C=O) groups excluding carboxylic acids is 1. The quantitative estimate of drug-likeness (QED) is 0.787. The molecule has 0 fully saturated rings. The van der Waals surface area contributed by atoms with Crippen LogP contribution in [0.1, 0.15) is 26.8 Å². The monoisotopic (exact) mass is 348 g/mol. The summed E-state index contributed by atoms with van der Waals surface area (Å²) in [6.45, 7) is 1.77. The number of halogens is 2. The Labute approximate surface area is 141 Å². The summed E-state index contributed by atoms with van der Waals surface area (Å²) in [6.07, 6.45) is 1.83. The second kappa shape index (κ2) is 6.48. The van der Waals surface area contributed by atoms with Crippen molar-refractivity contribution < 1.29 is 13.6 Å². The molecular formula is C16H14F2N4OS. The van der Waals surface area contributed by atoms with Crippen molar-refractivity contribution in [2.75, 3.05) is 5.32 Å². The highest BCUT2D eigenvalue weighted by molar-refractivity contribution is 7.16. The van der Waals surface area contributed by atoms with Crippen LogP contribution in [-0.4, -0.2) is 20.7 Å². The highest BCUT2D eigenvalue weighted by atomic mass is 32.1. The van der Waals surface area contributed by atoms with Crippen LogP contribution in [0.3, 0.4) is 0 Å². The van der Waals surface area contributed by atoms with Gasteiger partial charge in [-0.25, -0.2) is 13.8 Å². The number of aromatic nitrogens is 3. The molecule has 0 spiro atoms. The van der Waals surface area contributed by atoms with Crippen LogP contribution in [0.25, 0.3) is 0 Å². The second-order valence-corrected chi connectivity index (χ2v) is 6.35. The third kappa shape index (κ3) is 3.48. The Morgan fingerprint density at radius 1 is 1.29 bits per heavy atom. The van der Waals surface area contributed by atoms with E-state index >= 15 is 0 Å². The van der Waals surface area contributed by atoms with Crippen molar-refractivity contribution in [3.05, 3.63) is 64.1 Å². The van der Waals surface area contributed by atoms with Gasteiger partial charge in [-0.05, 0) is 30.7 Å². The summed E-state index contributed by atoms with van der Waals surface area (Å²) in [5, 5.41) is 8.01. The fraction of sp³-hybridized carbons (Fsp3) is 0.188. The predicted molar refractivity (Wildman–Crippen MR) is 87.2 cm³/mol. The average molecular weight is 348 g/mol. The number of nitrogens with one attached hydrogen (secondary N) is 1. The molecule has 2 heterocycles. The van der Waals surface area contributed by atoms with E-state index < -0.39 is 11.6 Å². The van der Waals surface area contributed by atoms with Crippen LogP contribution in [0.5, 0.6) is 0 Å². The van der Waals surface area contributed by atoms with Gasteiger partial charge in [0.15, 0.2) is 0 Å². The molecule has 0 bridgehead atoms. The first kappa shape index (κ1) is 16.3. The van der Waals surface area contributed by atoms with Gasteiger partial charge in [0.05, 0.1) is 10.7 Å². The molecule has 3 rings (SSSR count). The minimum atomic E-state index is -0.622. The van der Waals surface area contributed by atoms with E-state index in [1.165, 1.54) is 28.2 Å². The van der Waals surface area contributed by atoms with Gasteiger partial charge in [0.2, 0.25) is 0 Å². The van der Waals surface area contributed by atoms with Gasteiger partial charge in [0.1, 0.15) is 22.3 Å². The van der Waals surface area contributed by atoms with Crippen molar-refractivity contribution in [2.24, 2.45) is 7.05 Å². The van der Waals surface area contributed by atoms with Crippen LogP contribution in [0.15, 0.2) is 30.5 Å². The summed E-state index contributed by atoms with van der Waals surface area (Å²) in [5.74, 6) is -1.53. The number of hydrogen-bond donors (Lipinski definition) is 1. The highest BCUT2D eigenvalue weighted by Gasteiger charge is 2.15. The fourth-order valence-corrected chi connectivity index (χ4v) is 3.29. The van der Waals surface area contributed by atoms with Crippen molar-refractivity contribution in [1.82, 2.24) is 14.8 Å². The molecule has 124 valence electrons. The predicted octanol–water partition coefficient (Wildman–Crippen LogP) is 3.31. The molecule has 1 N–H and O–H groups in total. The van der Waals surface area contributed by atoms with Crippen molar-refractivity contribution in [3.63, 3.8) is 0 Å². The molecule has 1 aromatic carbocycles. The molecule has 0 atom stereocenters. The molecule has 0 aliphatic rings. The van der Waals surface area contributed by atoms with E-state index in [1.54, 1.807) is 26.2 Å². The molecule has 0 aliphatic heterocycles. The van der Waals surface area contributed by atoms with Crippen molar-refractivity contribution in [1.29, 1.82) is 0 Å². The number of hydrogen-bond acceptors (Lipinski definition) is 4. The van der Waals surface area contributed by atoms with E-state index in [1.807, 2.05) is 0 Å². The lowest BCUT2D eigenvalue weighted by atomic mass is 10.1. The molecule has 5 nitrogen and oxygen atoms in total. The van der Waals surface area contributed by atoms with E-state index in [0.717, 1.165) is 6.07 Å². The summed E-state index contributed by atoms with van der Waals surface area (Å²) in [6, 6.07) is 4.99. The number of amides is 1. The minimum Gasteiger partial charge on any atom is -0.311 e. The minimum absolute atomic E-state index is 0.287. The van der Waals surface area contributed by atoms with Crippen LogP contribution in [0.4, 0.5) is 13.8 Å². The molecular weight excluding hydrogens is 334 g/mol. The Hall–Kier alpha value is -2.61. The molecule has 24 heavy (non-hydrogen) atoms. The molecule has 2 aromatic heterocycles. The summed E-state index contributed by atoms with van der Waals surface area (Å²) < 4.78 is 28.0. The van der Waals surface area contributed by atoms with Crippen LogP contribution < -0.4 is 5.32 Å². The van der Waals surface area contributed by atoms with Gasteiger partial charge in [0, 0.05) is 25.7 Å². The zero-order chi connectivity index (χ0) is 17.3. The lowest BCUT2D eigenvalue weighted by Crippen LogP contribution is -2.15. The van der Waals surface area contributed by atoms with Crippen LogP contribution in [0.2, 0.25) is 0 Å². The van der Waals surface area contributed by atoms with Gasteiger partial charge in [-0.3, -0.25) is 9.48 Å². The molecule has 0 saturated heterocycles. The van der Waals surface area contributed by atoms with Gasteiger partial charge < -0.3 is 5.32 Å². The molecule has 3 aromatic rings. The maximum atomic E-state index is 13.3. The average Bonchev–Trinajstić information content (AvgIpc) is 3.04. The van der Waals surface area contributed by atoms with Gasteiger partial charge in [-0.2, -0.15) is 5.10 Å². The largest absolute Gasteiger partial charge is 0.311 e. The first-order valence-electron chi connectivity index (χ1n) is 7.13. The number of carbonyl (C=O) groups is 1. The Kier molecular flexibility index (Phi) is 4.39. The molecule has 8 heteroatoms. The normalized spacial score (nSPS) is 10.8. The Balaban J connectivity index is 1.77. The van der Waals surface area contributed by atoms with Gasteiger partial charge in [-0.15, -0.1) is 11.3 Å². The smallest absolute Gasteiger partial charge is 0.274 e. The Morgan fingerprint density at radius 2 is 2.00 bits per heavy atom. The number of aryl methyl sites for hydroxylation is 2. The molecule has 0 aliphatic carbocycles. The molecule has 0 unspecified atom stereocenters. The maximum absolute atomic E-state index is 13.3. The summed E-state index contributed by atoms with van der Waals surface area (Å²) in [5.41, 5.74) is 1.57. The van der Waals surface area contributed by atoms with Crippen LogP contribution in [-0.2, 0) is 13.5 Å². The third-order valence-electron chi connectivity index (χ3n) is 3.40. The second-order valence-electron chi connectivity index (χ2n) is 5.27. The standard InChI is InChI=1S/C16H14F2N4OS/c1-9-16(21-15(23)13-3-4-19-22(13)2)24-14(20-9)7-10-5-11(17)8-12(18)6-10/h3-6,8H,7H2,1-2H3,(H,21,23). The molecule has 0 saturated carbocycles. The zero-order valence-electron chi connectivity index (χ0n) is 13.0. The zero-order valence-corrected chi connectivity index (χ0v) is 13.8. The maximum Gasteiger partial charge on any atom is 0.274 e. The Bertz CT molecular complexity index is 883. The van der Waals surface area contributed by atoms with E-state index in [2.05, 4.69) is 15.4 Å². The van der Waals surface area contributed by atoms with Crippen molar-refractivity contribution >= 4 is 22.2 Å². The SMILES string of the molecule is Cc1nc(Cc2cc(F)cc(F)c2)sc1NC(=O)c1ccnn1C. The van der Waals surface area contributed by atoms with E-state index in [4.69, 9.17) is 0 Å². The highest BCUT2D eigenvalue weighted by Crippen LogP contribution is 2.26. The Morgan fingerprint density at radius 3 is 2.62 bits per heavy atom. The lowest BCUT2D eigenvalue weighted by molar-refractivity contribution is 0.101. The summed E-state index contributed by atoms with van der Waals surface area (Å²) in [7, 11) is 1.68. The van der Waals surface area contributed by atoms with E-state index in [-0.39, 0.29) is 5.91 Å². The molecule has 1 amide bonds. The fourth-order valence-electron chi connectivity index (χ4n) is 2.30. The lowest BCUT2D eigenvalue weighted by Gasteiger charge is -2.03. The number of benzene rings is 1. The topological polar surface area (TPSA) is 59.8 Å². The van der Waals surface area contributed by atoms with Gasteiger partial charge in [-0.1, -0.05) is 0 Å². The summed E-state index contributed by atoms with van der Waals surface area (Å²) >= 11 is 1.28. The van der Waals surface area contributed by atoms with Crippen molar-refractivity contribution in [2.45, 2.75) is 13.3 Å². The molecule has 0 radical (unpaired) electrons. The van der Waals surface area contributed by atoms with Crippen molar-refractivity contribution in [3.8, 4) is 0 Å². The first-order chi connectivity index (χ1) is 11.4. The van der Waals surface area contributed by atoms with Crippen LogP contribution >= 0.6 is 11.3 Å². The van der Waals surface area contributed by atoms with E-state index in [0.29, 0.717) is 33.4 Å². The summed E-state index contributed by atoms with van der Waals surface area (Å²) in [4.78, 5) is 16.6. The van der Waals surface area contributed by atoms with Gasteiger partial charge >= 0.3 is 0 Å². The van der Waals surface area contributed by atoms with E-state index in [9.17, 15) is 13.6 Å². The first-order valence-corrected chi connectivity index (χ1v) is 7.94. The number of thiazole rings is 1.